The molecule has 0 atom stereocenters. The summed E-state index contributed by atoms with van der Waals surface area (Å²) in [5.41, 5.74) is 0. The van der Waals surface area contributed by atoms with E-state index < -0.39 is 16.1 Å². The molecule has 0 aromatic carbocycles. The number of nitrogens with zero attached hydrogens (tertiary/aromatic N) is 1. The number of amides is 1. The van der Waals surface area contributed by atoms with Crippen molar-refractivity contribution in [1.29, 1.82) is 0 Å². The van der Waals surface area contributed by atoms with Crippen LogP contribution in [-0.4, -0.2) is 39.2 Å². The molecular weight excluding hydrogens is 158 g/mol. The molecule has 0 aliphatic heterocycles. The first-order chi connectivity index (χ1) is 4.39. The molecule has 0 rings (SSSR count). The summed E-state index contributed by atoms with van der Waals surface area (Å²) < 4.78 is 25.8. The summed E-state index contributed by atoms with van der Waals surface area (Å²) in [5, 5.41) is 0. The van der Waals surface area contributed by atoms with Crippen molar-refractivity contribution in [2.24, 2.45) is 0 Å². The predicted octanol–water partition coefficient (Wildman–Crippen LogP) is -0.356. The normalized spacial score (nSPS) is 10.7. The van der Waals surface area contributed by atoms with Crippen molar-refractivity contribution in [3.8, 4) is 0 Å². The topological polar surface area (TPSA) is 63.7 Å². The molecule has 6 heteroatoms. The van der Waals surface area contributed by atoms with Crippen LogP contribution in [0.15, 0.2) is 0 Å². The first-order valence-corrected chi connectivity index (χ1v) is 4.26. The van der Waals surface area contributed by atoms with E-state index in [2.05, 4.69) is 4.74 Å². The van der Waals surface area contributed by atoms with Crippen molar-refractivity contribution in [2.75, 3.05) is 20.4 Å². The van der Waals surface area contributed by atoms with Gasteiger partial charge < -0.3 is 4.74 Å². The molecule has 0 fully saturated rings. The molecule has 0 aromatic heterocycles. The molecule has 10 heavy (non-hydrogen) atoms. The molecule has 5 nitrogen and oxygen atoms in total. The highest BCUT2D eigenvalue weighted by Crippen LogP contribution is 1.94. The van der Waals surface area contributed by atoms with Crippen LogP contribution in [0, 0.1) is 0 Å². The lowest BCUT2D eigenvalue weighted by molar-refractivity contribution is 0.155. The highest BCUT2D eigenvalue weighted by molar-refractivity contribution is 7.88. The molecule has 0 heterocycles. The van der Waals surface area contributed by atoms with Crippen LogP contribution in [0.1, 0.15) is 0 Å². The van der Waals surface area contributed by atoms with Gasteiger partial charge in [-0.25, -0.2) is 17.5 Å². The molecule has 0 saturated carbocycles. The molecule has 0 unspecified atom stereocenters. The molecular formula is C4H9NO4S. The number of ether oxygens (including phenoxy) is 1. The monoisotopic (exact) mass is 167 g/mol. The average molecular weight is 167 g/mol. The Balaban J connectivity index is 4.39. The van der Waals surface area contributed by atoms with E-state index in [1.54, 1.807) is 0 Å². The summed E-state index contributed by atoms with van der Waals surface area (Å²) in [5.74, 6) is 0. The van der Waals surface area contributed by atoms with E-state index in [-0.39, 0.29) is 0 Å². The molecule has 0 radical (unpaired) electrons. The van der Waals surface area contributed by atoms with Gasteiger partial charge >= 0.3 is 6.09 Å². The summed E-state index contributed by atoms with van der Waals surface area (Å²) in [7, 11) is -1.21. The second-order valence-corrected chi connectivity index (χ2v) is 3.71. The Labute approximate surface area is 59.6 Å². The van der Waals surface area contributed by atoms with Crippen LogP contribution in [0.25, 0.3) is 0 Å². The lowest BCUT2D eigenvalue weighted by atomic mass is 11.1. The van der Waals surface area contributed by atoms with Gasteiger partial charge in [0.25, 0.3) is 0 Å². The van der Waals surface area contributed by atoms with E-state index in [0.717, 1.165) is 20.4 Å². The first-order valence-electron chi connectivity index (χ1n) is 2.41. The fraction of sp³-hybridized carbons (Fsp3) is 0.750. The van der Waals surface area contributed by atoms with Gasteiger partial charge in [0.2, 0.25) is 10.0 Å². The van der Waals surface area contributed by atoms with Crippen LogP contribution in [0.5, 0.6) is 0 Å². The van der Waals surface area contributed by atoms with Crippen LogP contribution in [0.3, 0.4) is 0 Å². The van der Waals surface area contributed by atoms with Crippen molar-refractivity contribution in [1.82, 2.24) is 4.31 Å². The maximum atomic E-state index is 10.6. The van der Waals surface area contributed by atoms with Crippen LogP contribution in [0.4, 0.5) is 4.79 Å². The summed E-state index contributed by atoms with van der Waals surface area (Å²) in [6.07, 6.45) is 0.0340. The standard InChI is InChI=1S/C4H9NO4S/c1-5(4(6)9-2)10(3,7)8/h1-3H3. The molecule has 0 aliphatic rings. The Morgan fingerprint density at radius 3 is 2.00 bits per heavy atom. The molecule has 0 saturated heterocycles. The highest BCUT2D eigenvalue weighted by atomic mass is 32.2. The van der Waals surface area contributed by atoms with Gasteiger partial charge in [-0.2, -0.15) is 0 Å². The Hall–Kier alpha value is -0.780. The molecule has 0 bridgehead atoms. The van der Waals surface area contributed by atoms with Gasteiger partial charge in [-0.1, -0.05) is 0 Å². The zero-order valence-electron chi connectivity index (χ0n) is 5.99. The van der Waals surface area contributed by atoms with E-state index >= 15 is 0 Å². The molecule has 0 aromatic rings. The number of rotatable bonds is 1. The molecule has 0 aliphatic carbocycles. The summed E-state index contributed by atoms with van der Waals surface area (Å²) in [6, 6.07) is 0. The predicted molar refractivity (Wildman–Crippen MR) is 35.0 cm³/mol. The second kappa shape index (κ2) is 2.87. The minimum atomic E-state index is -3.46. The average Bonchev–Trinajstić information content (AvgIpc) is 1.83. The number of hydrogen-bond acceptors (Lipinski definition) is 4. The van der Waals surface area contributed by atoms with Gasteiger partial charge in [-0.05, 0) is 0 Å². The quantitative estimate of drug-likeness (QED) is 0.535. The van der Waals surface area contributed by atoms with Crippen LogP contribution >= 0.6 is 0 Å². The first kappa shape index (κ1) is 9.22. The maximum absolute atomic E-state index is 10.6. The summed E-state index contributed by atoms with van der Waals surface area (Å²) in [4.78, 5) is 10.5. The van der Waals surface area contributed by atoms with Crippen molar-refractivity contribution in [3.05, 3.63) is 0 Å². The van der Waals surface area contributed by atoms with Crippen molar-refractivity contribution in [3.63, 3.8) is 0 Å². The SMILES string of the molecule is COC(=O)N(C)S(C)(=O)=O. The highest BCUT2D eigenvalue weighted by Gasteiger charge is 2.17. The fourth-order valence-corrected chi connectivity index (χ4v) is 0.609. The Morgan fingerprint density at radius 2 is 1.90 bits per heavy atom. The van der Waals surface area contributed by atoms with Gasteiger partial charge in [0.05, 0.1) is 13.4 Å². The molecule has 1 amide bonds. The number of carbonyl (C=O) groups excluding carboxylic acids is 1. The van der Waals surface area contributed by atoms with E-state index in [9.17, 15) is 13.2 Å². The number of hydrogen-bond donors (Lipinski definition) is 0. The third kappa shape index (κ3) is 2.22. The zero-order chi connectivity index (χ0) is 8.36. The van der Waals surface area contributed by atoms with Crippen LogP contribution in [-0.2, 0) is 14.8 Å². The summed E-state index contributed by atoms with van der Waals surface area (Å²) >= 11 is 0. The van der Waals surface area contributed by atoms with Gasteiger partial charge in [0.1, 0.15) is 0 Å². The number of methoxy groups -OCH3 is 1. The van der Waals surface area contributed by atoms with E-state index in [1.165, 1.54) is 0 Å². The third-order valence-electron chi connectivity index (χ3n) is 0.929. The van der Waals surface area contributed by atoms with Crippen LogP contribution in [0.2, 0.25) is 0 Å². The molecule has 0 spiro atoms. The Bertz CT molecular complexity index is 219. The fourth-order valence-electron chi connectivity index (χ4n) is 0.264. The summed E-state index contributed by atoms with van der Waals surface area (Å²) in [6.45, 7) is 0. The van der Waals surface area contributed by atoms with Gasteiger partial charge in [-0.15, -0.1) is 0 Å². The number of carbonyl (C=O) groups is 1. The Kier molecular flexibility index (Phi) is 2.65. The minimum absolute atomic E-state index is 0.521. The van der Waals surface area contributed by atoms with Gasteiger partial charge in [-0.3, -0.25) is 0 Å². The lowest BCUT2D eigenvalue weighted by Crippen LogP contribution is -2.31. The van der Waals surface area contributed by atoms with Crippen LogP contribution < -0.4 is 0 Å². The van der Waals surface area contributed by atoms with Gasteiger partial charge in [0, 0.05) is 7.05 Å². The number of sulfonamides is 1. The van der Waals surface area contributed by atoms with Crippen molar-refractivity contribution in [2.45, 2.75) is 0 Å². The molecule has 60 valence electrons. The third-order valence-corrected chi connectivity index (χ3v) is 2.07. The largest absolute Gasteiger partial charge is 0.452 e. The van der Waals surface area contributed by atoms with E-state index in [1.807, 2.05) is 0 Å². The lowest BCUT2D eigenvalue weighted by Gasteiger charge is -2.11. The second-order valence-electron chi connectivity index (χ2n) is 1.70. The van der Waals surface area contributed by atoms with E-state index in [4.69, 9.17) is 0 Å². The minimum Gasteiger partial charge on any atom is -0.452 e. The van der Waals surface area contributed by atoms with E-state index in [0.29, 0.717) is 4.31 Å². The van der Waals surface area contributed by atoms with Crippen molar-refractivity contribution < 1.29 is 17.9 Å². The van der Waals surface area contributed by atoms with Crippen molar-refractivity contribution >= 4 is 16.1 Å². The zero-order valence-corrected chi connectivity index (χ0v) is 6.80. The maximum Gasteiger partial charge on any atom is 0.422 e. The Morgan fingerprint density at radius 1 is 1.50 bits per heavy atom. The molecule has 0 N–H and O–H groups in total. The van der Waals surface area contributed by atoms with Gasteiger partial charge in [0.15, 0.2) is 0 Å². The smallest absolute Gasteiger partial charge is 0.422 e.